The summed E-state index contributed by atoms with van der Waals surface area (Å²) in [6.07, 6.45) is 3.04. The maximum absolute atomic E-state index is 11.2. The van der Waals surface area contributed by atoms with Crippen LogP contribution in [0.2, 0.25) is 5.02 Å². The van der Waals surface area contributed by atoms with Gasteiger partial charge in [0.05, 0.1) is 9.92 Å². The molecule has 0 saturated carbocycles. The number of thioether (sulfide) groups is 1. The van der Waals surface area contributed by atoms with Crippen LogP contribution in [0.1, 0.15) is 0 Å². The van der Waals surface area contributed by atoms with Gasteiger partial charge in [0.15, 0.2) is 9.84 Å². The minimum atomic E-state index is -3.12. The van der Waals surface area contributed by atoms with Crippen molar-refractivity contribution in [3.8, 4) is 0 Å². The van der Waals surface area contributed by atoms with Crippen molar-refractivity contribution in [1.82, 2.24) is 0 Å². The van der Waals surface area contributed by atoms with Gasteiger partial charge in [0.2, 0.25) is 0 Å². The highest BCUT2D eigenvalue weighted by Crippen LogP contribution is 2.27. The summed E-state index contributed by atoms with van der Waals surface area (Å²) in [7, 11) is -3.12. The maximum atomic E-state index is 11.2. The molecular formula is C8H9ClO2S2. The number of hydrogen-bond donors (Lipinski definition) is 0. The Bertz CT molecular complexity index is 412. The van der Waals surface area contributed by atoms with Gasteiger partial charge in [-0.05, 0) is 24.5 Å². The Kier molecular flexibility index (Phi) is 3.27. The molecule has 0 aromatic heterocycles. The van der Waals surface area contributed by atoms with Crippen LogP contribution in [0.3, 0.4) is 0 Å². The largest absolute Gasteiger partial charge is 0.224 e. The topological polar surface area (TPSA) is 34.1 Å². The zero-order chi connectivity index (χ0) is 10.1. The maximum Gasteiger partial charge on any atom is 0.175 e. The Morgan fingerprint density at radius 3 is 2.46 bits per heavy atom. The summed E-state index contributed by atoms with van der Waals surface area (Å²) in [5.74, 6) is 0. The second-order valence-electron chi connectivity index (χ2n) is 2.57. The van der Waals surface area contributed by atoms with Gasteiger partial charge < -0.3 is 0 Å². The number of halogens is 1. The van der Waals surface area contributed by atoms with E-state index in [1.54, 1.807) is 12.1 Å². The van der Waals surface area contributed by atoms with E-state index in [1.807, 2.05) is 6.26 Å². The number of rotatable bonds is 2. The second-order valence-corrected chi connectivity index (χ2v) is 5.84. The first-order valence-electron chi connectivity index (χ1n) is 3.49. The first kappa shape index (κ1) is 10.9. The quantitative estimate of drug-likeness (QED) is 0.740. The van der Waals surface area contributed by atoms with Crippen molar-refractivity contribution in [2.45, 2.75) is 9.79 Å². The van der Waals surface area contributed by atoms with Crippen molar-refractivity contribution in [1.29, 1.82) is 0 Å². The molecule has 1 aromatic rings. The molecule has 2 nitrogen and oxygen atoms in total. The molecule has 0 heterocycles. The van der Waals surface area contributed by atoms with Gasteiger partial charge in [-0.15, -0.1) is 11.8 Å². The van der Waals surface area contributed by atoms with Gasteiger partial charge in [0, 0.05) is 11.2 Å². The van der Waals surface area contributed by atoms with E-state index >= 15 is 0 Å². The molecule has 0 radical (unpaired) electrons. The smallest absolute Gasteiger partial charge is 0.175 e. The fourth-order valence-corrected chi connectivity index (χ4v) is 2.45. The van der Waals surface area contributed by atoms with Crippen LogP contribution in [-0.2, 0) is 9.84 Å². The summed E-state index contributed by atoms with van der Waals surface area (Å²) >= 11 is 7.26. The molecule has 0 atom stereocenters. The Morgan fingerprint density at radius 2 is 2.00 bits per heavy atom. The van der Waals surface area contributed by atoms with Gasteiger partial charge in [-0.25, -0.2) is 8.42 Å². The third kappa shape index (κ3) is 2.62. The highest BCUT2D eigenvalue weighted by molar-refractivity contribution is 7.98. The molecule has 0 spiro atoms. The van der Waals surface area contributed by atoms with Crippen LogP contribution < -0.4 is 0 Å². The molecule has 1 rings (SSSR count). The molecule has 0 aliphatic carbocycles. The molecule has 0 amide bonds. The Hall–Kier alpha value is -0.190. The summed E-state index contributed by atoms with van der Waals surface area (Å²) in [5.41, 5.74) is 0. The van der Waals surface area contributed by atoms with E-state index in [4.69, 9.17) is 11.6 Å². The lowest BCUT2D eigenvalue weighted by Gasteiger charge is -2.02. The molecule has 0 unspecified atom stereocenters. The van der Waals surface area contributed by atoms with Crippen molar-refractivity contribution in [3.63, 3.8) is 0 Å². The summed E-state index contributed by atoms with van der Waals surface area (Å²) in [5, 5.41) is 0.583. The van der Waals surface area contributed by atoms with Crippen molar-refractivity contribution in [3.05, 3.63) is 23.2 Å². The second kappa shape index (κ2) is 3.90. The fraction of sp³-hybridized carbons (Fsp3) is 0.250. The van der Waals surface area contributed by atoms with Crippen LogP contribution in [0.15, 0.2) is 28.0 Å². The molecule has 0 aliphatic heterocycles. The van der Waals surface area contributed by atoms with E-state index in [0.29, 0.717) is 9.92 Å². The number of benzene rings is 1. The Balaban J connectivity index is 3.30. The third-order valence-electron chi connectivity index (χ3n) is 1.55. The van der Waals surface area contributed by atoms with Gasteiger partial charge in [0.25, 0.3) is 0 Å². The van der Waals surface area contributed by atoms with Crippen LogP contribution >= 0.6 is 23.4 Å². The van der Waals surface area contributed by atoms with Crippen molar-refractivity contribution >= 4 is 33.2 Å². The lowest BCUT2D eigenvalue weighted by molar-refractivity contribution is 0.601. The monoisotopic (exact) mass is 236 g/mol. The van der Waals surface area contributed by atoms with Gasteiger partial charge in [0.1, 0.15) is 0 Å². The minimum absolute atomic E-state index is 0.307. The summed E-state index contributed by atoms with van der Waals surface area (Å²) in [6.45, 7) is 0. The lowest BCUT2D eigenvalue weighted by Crippen LogP contribution is -1.96. The van der Waals surface area contributed by atoms with Gasteiger partial charge in [-0.3, -0.25) is 0 Å². The normalized spacial score (nSPS) is 11.6. The van der Waals surface area contributed by atoms with E-state index in [9.17, 15) is 8.42 Å². The molecule has 0 fully saturated rings. The molecule has 5 heteroatoms. The van der Waals surface area contributed by atoms with Crippen molar-refractivity contribution < 1.29 is 8.42 Å². The predicted molar refractivity (Wildman–Crippen MR) is 56.3 cm³/mol. The average Bonchev–Trinajstić information content (AvgIpc) is 2.03. The first-order valence-corrected chi connectivity index (χ1v) is 6.98. The molecule has 0 N–H and O–H groups in total. The summed E-state index contributed by atoms with van der Waals surface area (Å²) in [6, 6.07) is 4.70. The van der Waals surface area contributed by atoms with Crippen LogP contribution in [0.5, 0.6) is 0 Å². The zero-order valence-electron chi connectivity index (χ0n) is 7.24. The standard InChI is InChI=1S/C8H9ClO2S2/c1-12-8-5-6(13(2,10)11)3-4-7(8)9/h3-5H,1-2H3. The summed E-state index contributed by atoms with van der Waals surface area (Å²) in [4.78, 5) is 1.09. The lowest BCUT2D eigenvalue weighted by atomic mass is 10.4. The third-order valence-corrected chi connectivity index (χ3v) is 3.88. The van der Waals surface area contributed by atoms with E-state index in [0.717, 1.165) is 4.90 Å². The van der Waals surface area contributed by atoms with Crippen molar-refractivity contribution in [2.24, 2.45) is 0 Å². The van der Waals surface area contributed by atoms with Gasteiger partial charge in [-0.1, -0.05) is 11.6 Å². The van der Waals surface area contributed by atoms with Crippen LogP contribution in [-0.4, -0.2) is 20.9 Å². The Morgan fingerprint density at radius 1 is 1.38 bits per heavy atom. The molecule has 0 aliphatic rings. The molecule has 0 bridgehead atoms. The van der Waals surface area contributed by atoms with Gasteiger partial charge >= 0.3 is 0 Å². The number of hydrogen-bond acceptors (Lipinski definition) is 3. The summed E-state index contributed by atoms with van der Waals surface area (Å²) < 4.78 is 22.3. The van der Waals surface area contributed by atoms with E-state index < -0.39 is 9.84 Å². The highest BCUT2D eigenvalue weighted by atomic mass is 35.5. The van der Waals surface area contributed by atoms with Gasteiger partial charge in [-0.2, -0.15) is 0 Å². The van der Waals surface area contributed by atoms with E-state index in [-0.39, 0.29) is 0 Å². The Labute approximate surface area is 87.2 Å². The fourth-order valence-electron chi connectivity index (χ4n) is 0.871. The molecule has 0 saturated heterocycles. The minimum Gasteiger partial charge on any atom is -0.224 e. The number of sulfone groups is 1. The SMILES string of the molecule is CSc1cc(S(C)(=O)=O)ccc1Cl. The molecular weight excluding hydrogens is 228 g/mol. The highest BCUT2D eigenvalue weighted by Gasteiger charge is 2.09. The van der Waals surface area contributed by atoms with E-state index in [1.165, 1.54) is 24.1 Å². The molecule has 72 valence electrons. The zero-order valence-corrected chi connectivity index (χ0v) is 9.63. The van der Waals surface area contributed by atoms with Crippen LogP contribution in [0, 0.1) is 0 Å². The first-order chi connectivity index (χ1) is 5.95. The van der Waals surface area contributed by atoms with Crippen LogP contribution in [0.4, 0.5) is 0 Å². The molecule has 1 aromatic carbocycles. The molecule has 13 heavy (non-hydrogen) atoms. The predicted octanol–water partition coefficient (Wildman–Crippen LogP) is 2.47. The van der Waals surface area contributed by atoms with Crippen molar-refractivity contribution in [2.75, 3.05) is 12.5 Å². The average molecular weight is 237 g/mol. The van der Waals surface area contributed by atoms with E-state index in [2.05, 4.69) is 0 Å². The van der Waals surface area contributed by atoms with Crippen LogP contribution in [0.25, 0.3) is 0 Å².